The van der Waals surface area contributed by atoms with E-state index >= 15 is 0 Å². The molecule has 2 bridgehead atoms. The fourth-order valence-corrected chi connectivity index (χ4v) is 6.28. The summed E-state index contributed by atoms with van der Waals surface area (Å²) in [6, 6.07) is 14.0. The van der Waals surface area contributed by atoms with Gasteiger partial charge in [0, 0.05) is 21.0 Å². The predicted octanol–water partition coefficient (Wildman–Crippen LogP) is 6.28. The van der Waals surface area contributed by atoms with Gasteiger partial charge in [-0.3, -0.25) is 9.59 Å². The topological polar surface area (TPSA) is 68.3 Å². The molecule has 3 aliphatic rings. The summed E-state index contributed by atoms with van der Waals surface area (Å²) in [5.74, 6) is -0.166. The molecule has 3 aliphatic carbocycles. The Hall–Kier alpha value is -2.73. The Morgan fingerprint density at radius 3 is 2.32 bits per heavy atom. The van der Waals surface area contributed by atoms with Gasteiger partial charge in [-0.2, -0.15) is 0 Å². The number of hydrogen-bond acceptors (Lipinski definition) is 4. The number of fused-ring (bicyclic) bond motifs is 4. The molecule has 1 aromatic heterocycles. The summed E-state index contributed by atoms with van der Waals surface area (Å²) in [4.78, 5) is 31.3. The van der Waals surface area contributed by atoms with Crippen molar-refractivity contribution in [1.29, 1.82) is 0 Å². The van der Waals surface area contributed by atoms with Crippen LogP contribution in [0.1, 0.15) is 60.0 Å². The van der Waals surface area contributed by atoms with E-state index < -0.39 is 0 Å². The van der Waals surface area contributed by atoms with Gasteiger partial charge in [-0.15, -0.1) is 0 Å². The van der Waals surface area contributed by atoms with Crippen LogP contribution in [0, 0.1) is 19.3 Å². The number of esters is 1. The van der Waals surface area contributed by atoms with Gasteiger partial charge < -0.3 is 10.1 Å². The highest BCUT2D eigenvalue weighted by Gasteiger charge is 2.53. The van der Waals surface area contributed by atoms with Crippen LogP contribution in [0.15, 0.2) is 46.9 Å². The van der Waals surface area contributed by atoms with Gasteiger partial charge in [0.15, 0.2) is 0 Å². The molecule has 6 heteroatoms. The first kappa shape index (κ1) is 23.0. The number of aryl methyl sites for hydroxylation is 1. The third-order valence-corrected chi connectivity index (χ3v) is 8.55. The Balaban J connectivity index is 1.55. The average Bonchev–Trinajstić information content (AvgIpc) is 2.84. The number of benzene rings is 2. The minimum Gasteiger partial charge on any atom is -0.469 e. The van der Waals surface area contributed by atoms with E-state index in [1.807, 2.05) is 37.3 Å². The van der Waals surface area contributed by atoms with Crippen molar-refractivity contribution in [1.82, 2.24) is 10.3 Å². The first-order valence-electron chi connectivity index (χ1n) is 11.8. The van der Waals surface area contributed by atoms with Crippen LogP contribution in [-0.4, -0.2) is 29.5 Å². The Labute approximate surface area is 208 Å². The lowest BCUT2D eigenvalue weighted by atomic mass is 9.57. The van der Waals surface area contributed by atoms with Gasteiger partial charge in [-0.1, -0.05) is 40.2 Å². The summed E-state index contributed by atoms with van der Waals surface area (Å²) in [5, 5.41) is 4.26. The summed E-state index contributed by atoms with van der Waals surface area (Å²) in [5.41, 5.74) is 4.71. The van der Waals surface area contributed by atoms with Crippen LogP contribution in [-0.2, 0) is 9.53 Å². The summed E-state index contributed by atoms with van der Waals surface area (Å²) in [7, 11) is 1.47. The van der Waals surface area contributed by atoms with Crippen LogP contribution in [0.5, 0.6) is 0 Å². The quantitative estimate of drug-likeness (QED) is 0.411. The molecule has 3 fully saturated rings. The summed E-state index contributed by atoms with van der Waals surface area (Å²) in [6.45, 7) is 4.06. The minimum absolute atomic E-state index is 0.0645. The molecule has 3 saturated carbocycles. The lowest BCUT2D eigenvalue weighted by Gasteiger charge is -2.52. The third-order valence-electron chi connectivity index (χ3n) is 8.06. The zero-order valence-electron chi connectivity index (χ0n) is 19.8. The van der Waals surface area contributed by atoms with E-state index in [4.69, 9.17) is 9.72 Å². The number of halogens is 1. The zero-order valence-corrected chi connectivity index (χ0v) is 21.4. The highest BCUT2D eigenvalue weighted by Crippen LogP contribution is 2.53. The van der Waals surface area contributed by atoms with Crippen molar-refractivity contribution >= 4 is 38.7 Å². The van der Waals surface area contributed by atoms with E-state index in [1.54, 1.807) is 0 Å². The highest BCUT2D eigenvalue weighted by atomic mass is 79.9. The van der Waals surface area contributed by atoms with Gasteiger partial charge in [0.1, 0.15) is 0 Å². The van der Waals surface area contributed by atoms with E-state index in [9.17, 15) is 9.59 Å². The summed E-state index contributed by atoms with van der Waals surface area (Å²) >= 11 is 3.57. The molecule has 0 saturated heterocycles. The van der Waals surface area contributed by atoms with E-state index in [2.05, 4.69) is 40.3 Å². The van der Waals surface area contributed by atoms with Crippen molar-refractivity contribution in [2.75, 3.05) is 7.11 Å². The maximum Gasteiger partial charge on any atom is 0.311 e. The van der Waals surface area contributed by atoms with Crippen molar-refractivity contribution in [2.45, 2.75) is 57.9 Å². The van der Waals surface area contributed by atoms with E-state index in [-0.39, 0.29) is 22.8 Å². The van der Waals surface area contributed by atoms with Crippen LogP contribution in [0.3, 0.4) is 0 Å². The standard InChI is InChI=1S/C28H29BrN2O3/c1-17-6-4-5-7-20(17)24-18(2)23(21-16-19(29)8-9-22(21)30-24)25(32)31-28-13-10-27(11-14-28,12-15-28)26(33)34-3/h4-9,16H,10-15H2,1-3H3,(H,31,32). The average molecular weight is 521 g/mol. The molecule has 0 aliphatic heterocycles. The predicted molar refractivity (Wildman–Crippen MR) is 137 cm³/mol. The molecule has 5 nitrogen and oxygen atoms in total. The first-order valence-corrected chi connectivity index (χ1v) is 12.6. The van der Waals surface area contributed by atoms with E-state index in [0.29, 0.717) is 5.56 Å². The maximum atomic E-state index is 13.9. The van der Waals surface area contributed by atoms with Gasteiger partial charge in [0.25, 0.3) is 5.91 Å². The molecule has 2 aromatic carbocycles. The number of nitrogens with one attached hydrogen (secondary N) is 1. The van der Waals surface area contributed by atoms with Crippen LogP contribution in [0.4, 0.5) is 0 Å². The number of pyridine rings is 1. The highest BCUT2D eigenvalue weighted by molar-refractivity contribution is 9.10. The Bertz CT molecular complexity index is 1290. The second-order valence-corrected chi connectivity index (χ2v) is 10.9. The van der Waals surface area contributed by atoms with Crippen LogP contribution < -0.4 is 5.32 Å². The monoisotopic (exact) mass is 520 g/mol. The number of rotatable bonds is 4. The SMILES string of the molecule is COC(=O)C12CCC(NC(=O)c3c(C)c(-c4ccccc4C)nc4ccc(Br)cc34)(CC1)CC2. The molecule has 176 valence electrons. The number of amides is 1. The Morgan fingerprint density at radius 2 is 1.68 bits per heavy atom. The van der Waals surface area contributed by atoms with Crippen molar-refractivity contribution in [3.05, 3.63) is 63.6 Å². The number of carbonyl (C=O) groups excluding carboxylic acids is 2. The molecular formula is C28H29BrN2O3. The van der Waals surface area contributed by atoms with E-state index in [1.165, 1.54) is 7.11 Å². The lowest BCUT2D eigenvalue weighted by molar-refractivity contribution is -0.160. The first-order chi connectivity index (χ1) is 16.3. The van der Waals surface area contributed by atoms with Crippen molar-refractivity contribution in [3.63, 3.8) is 0 Å². The molecule has 6 rings (SSSR count). The maximum absolute atomic E-state index is 13.9. The molecule has 3 aromatic rings. The Kier molecular flexibility index (Phi) is 5.75. The second-order valence-electron chi connectivity index (χ2n) is 9.94. The fraction of sp³-hybridized carbons (Fsp3) is 0.393. The molecule has 1 amide bonds. The molecule has 0 radical (unpaired) electrons. The normalized spacial score (nSPS) is 23.6. The van der Waals surface area contributed by atoms with Crippen LogP contribution in [0.2, 0.25) is 0 Å². The Morgan fingerprint density at radius 1 is 1.00 bits per heavy atom. The largest absolute Gasteiger partial charge is 0.469 e. The van der Waals surface area contributed by atoms with Gasteiger partial charge in [0.2, 0.25) is 0 Å². The molecule has 34 heavy (non-hydrogen) atoms. The van der Waals surface area contributed by atoms with Crippen LogP contribution in [0.25, 0.3) is 22.2 Å². The van der Waals surface area contributed by atoms with Gasteiger partial charge >= 0.3 is 5.97 Å². The summed E-state index contributed by atoms with van der Waals surface area (Å²) in [6.07, 6.45) is 4.67. The number of nitrogens with zero attached hydrogens (tertiary/aromatic N) is 1. The third kappa shape index (κ3) is 3.72. The number of ether oxygens (including phenoxy) is 1. The van der Waals surface area contributed by atoms with Crippen molar-refractivity contribution in [2.24, 2.45) is 5.41 Å². The zero-order chi connectivity index (χ0) is 24.1. The van der Waals surface area contributed by atoms with Gasteiger partial charge in [-0.25, -0.2) is 4.98 Å². The van der Waals surface area contributed by atoms with Crippen molar-refractivity contribution < 1.29 is 14.3 Å². The summed E-state index contributed by atoms with van der Waals surface area (Å²) < 4.78 is 6.01. The second kappa shape index (κ2) is 8.49. The lowest BCUT2D eigenvalue weighted by Crippen LogP contribution is -2.58. The molecular weight excluding hydrogens is 492 g/mol. The number of carbonyl (C=O) groups is 2. The number of hydrogen-bond donors (Lipinski definition) is 1. The molecule has 1 N–H and O–H groups in total. The van der Waals surface area contributed by atoms with Gasteiger partial charge in [-0.05, 0) is 81.7 Å². The number of aromatic nitrogens is 1. The number of methoxy groups -OCH3 is 1. The molecule has 0 unspecified atom stereocenters. The van der Waals surface area contributed by atoms with Crippen molar-refractivity contribution in [3.8, 4) is 11.3 Å². The molecule has 1 heterocycles. The smallest absolute Gasteiger partial charge is 0.311 e. The fourth-order valence-electron chi connectivity index (χ4n) is 5.92. The van der Waals surface area contributed by atoms with Crippen LogP contribution >= 0.6 is 15.9 Å². The molecule has 0 atom stereocenters. The van der Waals surface area contributed by atoms with Gasteiger partial charge in [0.05, 0.1) is 29.3 Å². The minimum atomic E-state index is -0.372. The van der Waals surface area contributed by atoms with E-state index in [0.717, 1.165) is 76.3 Å². The molecule has 0 spiro atoms.